The van der Waals surface area contributed by atoms with Crippen LogP contribution in [0.2, 0.25) is 0 Å². The van der Waals surface area contributed by atoms with Crippen LogP contribution in [0.4, 0.5) is 0 Å². The van der Waals surface area contributed by atoms with Gasteiger partial charge in [0.1, 0.15) is 5.84 Å². The zero-order chi connectivity index (χ0) is 22.9. The van der Waals surface area contributed by atoms with E-state index in [1.54, 1.807) is 0 Å². The number of fused-ring (bicyclic) bond motifs is 6. The maximum atomic E-state index is 5.13. The lowest BCUT2D eigenvalue weighted by Crippen LogP contribution is -2.32. The highest BCUT2D eigenvalue weighted by molar-refractivity contribution is 7.23. The van der Waals surface area contributed by atoms with Crippen molar-refractivity contribution in [3.05, 3.63) is 126 Å². The quantitative estimate of drug-likeness (QED) is 0.276. The summed E-state index contributed by atoms with van der Waals surface area (Å²) in [5.74, 6) is 0.924. The number of benzene rings is 4. The Morgan fingerprint density at radius 3 is 2.51 bits per heavy atom. The molecule has 2 heterocycles. The summed E-state index contributed by atoms with van der Waals surface area (Å²) in [6.45, 7) is 0. The summed E-state index contributed by atoms with van der Waals surface area (Å²) < 4.78 is 1.32. The highest BCUT2D eigenvalue weighted by Gasteiger charge is 2.27. The molecule has 1 N–H and O–H groups in total. The summed E-state index contributed by atoms with van der Waals surface area (Å²) in [7, 11) is 0. The van der Waals surface area contributed by atoms with E-state index in [1.165, 1.54) is 53.6 Å². The molecule has 2 nitrogen and oxygen atoms in total. The molecule has 0 spiro atoms. The van der Waals surface area contributed by atoms with Gasteiger partial charge in [0.05, 0.1) is 11.7 Å². The van der Waals surface area contributed by atoms with Crippen LogP contribution in [0.3, 0.4) is 0 Å². The lowest BCUT2D eigenvalue weighted by Gasteiger charge is -2.27. The van der Waals surface area contributed by atoms with Gasteiger partial charge in [-0.15, -0.1) is 11.3 Å². The Bertz CT molecular complexity index is 1810. The van der Waals surface area contributed by atoms with Crippen LogP contribution in [0.25, 0.3) is 48.1 Å². The van der Waals surface area contributed by atoms with Crippen LogP contribution in [0, 0.1) is 0 Å². The molecule has 8 rings (SSSR count). The third-order valence-corrected chi connectivity index (χ3v) is 8.45. The molecule has 4 aromatic carbocycles. The summed E-state index contributed by atoms with van der Waals surface area (Å²) >= 11 is 1.90. The Hall–Kier alpha value is -4.21. The fraction of sp³-hybridized carbons (Fsp3) is 0.0312. The van der Waals surface area contributed by atoms with Gasteiger partial charge in [-0.05, 0) is 40.1 Å². The Balaban J connectivity index is 1.29. The maximum Gasteiger partial charge on any atom is 0.133 e. The second kappa shape index (κ2) is 7.14. The average Bonchev–Trinajstić information content (AvgIpc) is 3.45. The summed E-state index contributed by atoms with van der Waals surface area (Å²) in [4.78, 5) is 6.51. The van der Waals surface area contributed by atoms with Gasteiger partial charge >= 0.3 is 0 Å². The van der Waals surface area contributed by atoms with Crippen molar-refractivity contribution >= 4 is 43.7 Å². The summed E-state index contributed by atoms with van der Waals surface area (Å²) in [5, 5.41) is 7.70. The van der Waals surface area contributed by atoms with Gasteiger partial charge < -0.3 is 5.32 Å². The van der Waals surface area contributed by atoms with E-state index >= 15 is 0 Å². The van der Waals surface area contributed by atoms with Crippen LogP contribution in [-0.4, -0.2) is 11.9 Å². The number of hydrogen-bond donors (Lipinski definition) is 1. The number of nitrogens with zero attached hydrogens (tertiary/aromatic N) is 1. The van der Waals surface area contributed by atoms with Crippen molar-refractivity contribution in [1.29, 1.82) is 0 Å². The monoisotopic (exact) mass is 464 g/mol. The third-order valence-electron chi connectivity index (χ3n) is 7.24. The fourth-order valence-corrected chi connectivity index (χ4v) is 6.90. The molecular weight excluding hydrogens is 444 g/mol. The molecule has 3 aliphatic rings. The fourth-order valence-electron chi connectivity index (χ4n) is 5.67. The first-order valence-electron chi connectivity index (χ1n) is 11.9. The van der Waals surface area contributed by atoms with Gasteiger partial charge in [-0.3, -0.25) is 4.99 Å². The van der Waals surface area contributed by atoms with Gasteiger partial charge in [-0.25, -0.2) is 0 Å². The van der Waals surface area contributed by atoms with E-state index in [0.29, 0.717) is 0 Å². The minimum absolute atomic E-state index is 0.0216. The number of hydrogen-bond acceptors (Lipinski definition) is 3. The van der Waals surface area contributed by atoms with Crippen LogP contribution >= 0.6 is 11.3 Å². The highest BCUT2D eigenvalue weighted by Crippen LogP contribution is 2.54. The van der Waals surface area contributed by atoms with Gasteiger partial charge in [0.15, 0.2) is 0 Å². The molecule has 2 aliphatic carbocycles. The first-order valence-corrected chi connectivity index (χ1v) is 12.8. The number of thiophene rings is 1. The molecule has 3 heteroatoms. The topological polar surface area (TPSA) is 24.4 Å². The van der Waals surface area contributed by atoms with E-state index in [2.05, 4.69) is 115 Å². The number of amidine groups is 1. The molecule has 0 radical (unpaired) electrons. The minimum atomic E-state index is 0.0216. The number of aliphatic imine (C=N–C) groups is 1. The molecule has 35 heavy (non-hydrogen) atoms. The van der Waals surface area contributed by atoms with Crippen molar-refractivity contribution in [2.75, 3.05) is 0 Å². The number of rotatable bonds is 2. The first-order chi connectivity index (χ1) is 17.3. The molecule has 0 bridgehead atoms. The molecule has 5 aromatic rings. The maximum absolute atomic E-state index is 5.13. The predicted molar refractivity (Wildman–Crippen MR) is 149 cm³/mol. The molecular formula is C32H20N2S. The van der Waals surface area contributed by atoms with Gasteiger partial charge in [-0.1, -0.05) is 91.0 Å². The summed E-state index contributed by atoms with van der Waals surface area (Å²) in [5.41, 5.74) is 8.73. The van der Waals surface area contributed by atoms with Gasteiger partial charge in [0, 0.05) is 37.2 Å². The first kappa shape index (κ1) is 19.1. The molecule has 1 aliphatic heterocycles. The van der Waals surface area contributed by atoms with E-state index in [4.69, 9.17) is 4.99 Å². The lowest BCUT2D eigenvalue weighted by atomic mass is 9.94. The molecule has 164 valence electrons. The van der Waals surface area contributed by atoms with Crippen LogP contribution in [0.5, 0.6) is 0 Å². The largest absolute Gasteiger partial charge is 0.339 e. The van der Waals surface area contributed by atoms with Crippen LogP contribution < -0.4 is 5.32 Å². The summed E-state index contributed by atoms with van der Waals surface area (Å²) in [6.07, 6.45) is 8.54. The zero-order valence-corrected chi connectivity index (χ0v) is 19.6. The number of allylic oxidation sites excluding steroid dienone is 2. The third kappa shape index (κ3) is 2.73. The summed E-state index contributed by atoms with van der Waals surface area (Å²) in [6, 6.07) is 30.7. The SMILES string of the molecule is C1=CC2=C(c3ccccc3)NC(c3ccc4sc5c(c4c3)-c3cccc4cccc-5c34)=NC2C=C1. The Morgan fingerprint density at radius 1 is 0.771 bits per heavy atom. The van der Waals surface area contributed by atoms with E-state index in [9.17, 15) is 0 Å². The van der Waals surface area contributed by atoms with Crippen molar-refractivity contribution in [3.63, 3.8) is 0 Å². The van der Waals surface area contributed by atoms with Crippen molar-refractivity contribution in [3.8, 4) is 21.6 Å². The number of nitrogens with one attached hydrogen (secondary N) is 1. The molecule has 0 saturated carbocycles. The minimum Gasteiger partial charge on any atom is -0.339 e. The standard InChI is InChI=1S/C32H20N2S/c1-2-8-20(9-3-1)30-22-12-4-5-15-26(22)33-32(34-30)21-16-17-27-25(18-21)29-23-13-6-10-19-11-7-14-24(28(19)23)31(29)35-27/h1-18,26H,(H,33,34). The molecule has 0 amide bonds. The smallest absolute Gasteiger partial charge is 0.133 e. The molecule has 0 fully saturated rings. The predicted octanol–water partition coefficient (Wildman–Crippen LogP) is 7.96. The van der Waals surface area contributed by atoms with Crippen LogP contribution in [0.15, 0.2) is 120 Å². The van der Waals surface area contributed by atoms with E-state index < -0.39 is 0 Å². The molecule has 0 saturated heterocycles. The van der Waals surface area contributed by atoms with Crippen molar-refractivity contribution < 1.29 is 0 Å². The van der Waals surface area contributed by atoms with Crippen LogP contribution in [0.1, 0.15) is 11.1 Å². The lowest BCUT2D eigenvalue weighted by molar-refractivity contribution is 0.925. The van der Waals surface area contributed by atoms with Gasteiger partial charge in [0.25, 0.3) is 0 Å². The van der Waals surface area contributed by atoms with Crippen LogP contribution in [-0.2, 0) is 0 Å². The van der Waals surface area contributed by atoms with Crippen molar-refractivity contribution in [2.24, 2.45) is 4.99 Å². The van der Waals surface area contributed by atoms with E-state index in [-0.39, 0.29) is 6.04 Å². The molecule has 1 unspecified atom stereocenters. The normalized spacial score (nSPS) is 17.5. The second-order valence-electron chi connectivity index (χ2n) is 9.21. The van der Waals surface area contributed by atoms with Crippen molar-refractivity contribution in [1.82, 2.24) is 5.32 Å². The Morgan fingerprint density at radius 2 is 1.63 bits per heavy atom. The highest BCUT2D eigenvalue weighted by atomic mass is 32.1. The van der Waals surface area contributed by atoms with Crippen molar-refractivity contribution in [2.45, 2.75) is 6.04 Å². The average molecular weight is 465 g/mol. The van der Waals surface area contributed by atoms with Gasteiger partial charge in [-0.2, -0.15) is 0 Å². The Labute approximate surface area is 207 Å². The van der Waals surface area contributed by atoms with Gasteiger partial charge in [0.2, 0.25) is 0 Å². The van der Waals surface area contributed by atoms with E-state index in [1.807, 2.05) is 11.3 Å². The second-order valence-corrected chi connectivity index (χ2v) is 10.3. The van der Waals surface area contributed by atoms with E-state index in [0.717, 1.165) is 17.1 Å². The molecule has 1 aromatic heterocycles. The Kier molecular flexibility index (Phi) is 3.91. The molecule has 1 atom stereocenters. The zero-order valence-electron chi connectivity index (χ0n) is 18.8.